The van der Waals surface area contributed by atoms with Gasteiger partial charge in [-0.25, -0.2) is 9.59 Å². The van der Waals surface area contributed by atoms with Crippen LogP contribution in [0.15, 0.2) is 61.2 Å². The fourth-order valence-corrected chi connectivity index (χ4v) is 4.42. The van der Waals surface area contributed by atoms with Gasteiger partial charge in [0.1, 0.15) is 18.7 Å². The summed E-state index contributed by atoms with van der Waals surface area (Å²) >= 11 is 1.49. The van der Waals surface area contributed by atoms with Gasteiger partial charge in [-0.15, -0.1) is 6.58 Å². The second-order valence-electron chi connectivity index (χ2n) is 7.73. The summed E-state index contributed by atoms with van der Waals surface area (Å²) in [4.78, 5) is 36.6. The molecular weight excluding hydrogens is 440 g/mol. The SMILES string of the molecule is C=CCC(NC(=O)OCC1c2ccccc2-c2ccccc21)C(=O)NC(CCSC)C(=O)O. The summed E-state index contributed by atoms with van der Waals surface area (Å²) in [6.45, 7) is 3.74. The Kier molecular flexibility index (Phi) is 8.54. The van der Waals surface area contributed by atoms with Gasteiger partial charge in [0.25, 0.3) is 0 Å². The minimum Gasteiger partial charge on any atom is -0.480 e. The van der Waals surface area contributed by atoms with E-state index in [0.717, 1.165) is 22.3 Å². The fraction of sp³-hybridized carbons (Fsp3) is 0.320. The molecule has 174 valence electrons. The molecule has 0 saturated carbocycles. The number of carboxylic acid groups (broad SMARTS) is 1. The predicted octanol–water partition coefficient (Wildman–Crippen LogP) is 3.79. The largest absolute Gasteiger partial charge is 0.480 e. The first kappa shape index (κ1) is 24.4. The van der Waals surface area contributed by atoms with Crippen LogP contribution in [0.2, 0.25) is 0 Å². The Hall–Kier alpha value is -3.26. The van der Waals surface area contributed by atoms with Gasteiger partial charge in [0, 0.05) is 5.92 Å². The third kappa shape index (κ3) is 5.96. The van der Waals surface area contributed by atoms with Crippen LogP contribution in [-0.4, -0.2) is 53.8 Å². The first-order chi connectivity index (χ1) is 16.0. The second kappa shape index (κ2) is 11.6. The lowest BCUT2D eigenvalue weighted by Gasteiger charge is -2.21. The molecule has 1 aliphatic carbocycles. The normalized spacial score (nSPS) is 13.8. The minimum absolute atomic E-state index is 0.0993. The van der Waals surface area contributed by atoms with Crippen LogP contribution in [0.5, 0.6) is 0 Å². The molecule has 2 aromatic carbocycles. The predicted molar refractivity (Wildman–Crippen MR) is 129 cm³/mol. The van der Waals surface area contributed by atoms with Gasteiger partial charge in [0.2, 0.25) is 5.91 Å². The number of carbonyl (C=O) groups is 3. The summed E-state index contributed by atoms with van der Waals surface area (Å²) in [6, 6.07) is 14.0. The highest BCUT2D eigenvalue weighted by molar-refractivity contribution is 7.98. The number of alkyl carbamates (subject to hydrolysis) is 1. The zero-order chi connectivity index (χ0) is 23.8. The number of aliphatic carboxylic acids is 1. The molecule has 0 heterocycles. The lowest BCUT2D eigenvalue weighted by molar-refractivity contribution is -0.142. The van der Waals surface area contributed by atoms with E-state index in [1.165, 1.54) is 17.8 Å². The first-order valence-electron chi connectivity index (χ1n) is 10.7. The molecule has 33 heavy (non-hydrogen) atoms. The molecule has 3 N–H and O–H groups in total. The Labute approximate surface area is 197 Å². The lowest BCUT2D eigenvalue weighted by Crippen LogP contribution is -2.51. The second-order valence-corrected chi connectivity index (χ2v) is 8.71. The van der Waals surface area contributed by atoms with Gasteiger partial charge >= 0.3 is 12.1 Å². The molecule has 0 bridgehead atoms. The Morgan fingerprint density at radius 3 is 2.21 bits per heavy atom. The Morgan fingerprint density at radius 2 is 1.67 bits per heavy atom. The molecule has 0 radical (unpaired) electrons. The number of hydrogen-bond acceptors (Lipinski definition) is 5. The average molecular weight is 469 g/mol. The van der Waals surface area contributed by atoms with Crippen molar-refractivity contribution in [2.45, 2.75) is 30.8 Å². The maximum atomic E-state index is 12.6. The quantitative estimate of drug-likeness (QED) is 0.434. The van der Waals surface area contributed by atoms with E-state index >= 15 is 0 Å². The lowest BCUT2D eigenvalue weighted by atomic mass is 9.98. The number of rotatable bonds is 11. The molecule has 0 saturated heterocycles. The van der Waals surface area contributed by atoms with Gasteiger partial charge in [0.15, 0.2) is 0 Å². The summed E-state index contributed by atoms with van der Waals surface area (Å²) in [5.41, 5.74) is 4.42. The zero-order valence-electron chi connectivity index (χ0n) is 18.5. The van der Waals surface area contributed by atoms with Crippen LogP contribution in [0.1, 0.15) is 29.9 Å². The number of hydrogen-bond donors (Lipinski definition) is 3. The van der Waals surface area contributed by atoms with E-state index in [0.29, 0.717) is 5.75 Å². The maximum absolute atomic E-state index is 12.6. The van der Waals surface area contributed by atoms with Crippen molar-refractivity contribution in [3.63, 3.8) is 0 Å². The minimum atomic E-state index is -1.11. The van der Waals surface area contributed by atoms with Crippen molar-refractivity contribution in [2.75, 3.05) is 18.6 Å². The maximum Gasteiger partial charge on any atom is 0.407 e. The van der Waals surface area contributed by atoms with E-state index < -0.39 is 30.1 Å². The molecule has 1 aliphatic rings. The molecular formula is C25H28N2O5S. The van der Waals surface area contributed by atoms with E-state index in [4.69, 9.17) is 4.74 Å². The monoisotopic (exact) mass is 468 g/mol. The number of amides is 2. The van der Waals surface area contributed by atoms with Crippen LogP contribution in [0.25, 0.3) is 11.1 Å². The third-order valence-electron chi connectivity index (χ3n) is 5.58. The number of nitrogens with one attached hydrogen (secondary N) is 2. The molecule has 0 fully saturated rings. The van der Waals surface area contributed by atoms with Crippen molar-refractivity contribution in [3.05, 3.63) is 72.3 Å². The van der Waals surface area contributed by atoms with Crippen molar-refractivity contribution < 1.29 is 24.2 Å². The van der Waals surface area contributed by atoms with Crippen molar-refractivity contribution in [1.82, 2.24) is 10.6 Å². The standard InChI is InChI=1S/C25H28N2O5S/c1-3-8-21(23(28)26-22(24(29)30)13-14-33-2)27-25(31)32-15-20-18-11-6-4-9-16(18)17-10-5-7-12-19(17)20/h3-7,9-12,20-22H,1,8,13-15H2,2H3,(H,26,28)(H,27,31)(H,29,30). The molecule has 2 aromatic rings. The van der Waals surface area contributed by atoms with Crippen LogP contribution in [-0.2, 0) is 14.3 Å². The van der Waals surface area contributed by atoms with Gasteiger partial charge in [-0.1, -0.05) is 54.6 Å². The molecule has 7 nitrogen and oxygen atoms in total. The number of benzene rings is 2. The Morgan fingerprint density at radius 1 is 1.06 bits per heavy atom. The van der Waals surface area contributed by atoms with Gasteiger partial charge < -0.3 is 20.5 Å². The van der Waals surface area contributed by atoms with Gasteiger partial charge in [-0.2, -0.15) is 11.8 Å². The van der Waals surface area contributed by atoms with E-state index in [9.17, 15) is 19.5 Å². The van der Waals surface area contributed by atoms with Crippen molar-refractivity contribution in [1.29, 1.82) is 0 Å². The summed E-state index contributed by atoms with van der Waals surface area (Å²) in [5, 5.41) is 14.4. The fourth-order valence-electron chi connectivity index (χ4n) is 3.95. The van der Waals surface area contributed by atoms with Gasteiger partial charge in [-0.3, -0.25) is 4.79 Å². The van der Waals surface area contributed by atoms with Crippen molar-refractivity contribution in [3.8, 4) is 11.1 Å². The molecule has 2 amide bonds. The molecule has 8 heteroatoms. The smallest absolute Gasteiger partial charge is 0.407 e. The van der Waals surface area contributed by atoms with Crippen LogP contribution >= 0.6 is 11.8 Å². The number of carboxylic acids is 1. The van der Waals surface area contributed by atoms with Crippen molar-refractivity contribution >= 4 is 29.7 Å². The van der Waals surface area contributed by atoms with Crippen LogP contribution in [0, 0.1) is 0 Å². The number of ether oxygens (including phenoxy) is 1. The highest BCUT2D eigenvalue weighted by atomic mass is 32.2. The zero-order valence-corrected chi connectivity index (χ0v) is 19.3. The summed E-state index contributed by atoms with van der Waals surface area (Å²) < 4.78 is 5.50. The number of carbonyl (C=O) groups excluding carboxylic acids is 2. The van der Waals surface area contributed by atoms with E-state index in [2.05, 4.69) is 29.3 Å². The Bertz CT molecular complexity index is 980. The molecule has 2 atom stereocenters. The first-order valence-corrected chi connectivity index (χ1v) is 12.1. The third-order valence-corrected chi connectivity index (χ3v) is 6.22. The van der Waals surface area contributed by atoms with E-state index in [1.54, 1.807) is 0 Å². The highest BCUT2D eigenvalue weighted by Gasteiger charge is 2.30. The number of fused-ring (bicyclic) bond motifs is 3. The van der Waals surface area contributed by atoms with Gasteiger partial charge in [-0.05, 0) is 47.1 Å². The molecule has 0 aromatic heterocycles. The van der Waals surface area contributed by atoms with E-state index in [1.807, 2.05) is 42.7 Å². The average Bonchev–Trinajstić information content (AvgIpc) is 3.13. The molecule has 0 aliphatic heterocycles. The summed E-state index contributed by atoms with van der Waals surface area (Å²) in [7, 11) is 0. The van der Waals surface area contributed by atoms with Crippen LogP contribution < -0.4 is 10.6 Å². The number of thioether (sulfide) groups is 1. The van der Waals surface area contributed by atoms with E-state index in [-0.39, 0.29) is 25.4 Å². The summed E-state index contributed by atoms with van der Waals surface area (Å²) in [5.74, 6) is -1.21. The van der Waals surface area contributed by atoms with Crippen LogP contribution in [0.4, 0.5) is 4.79 Å². The molecule has 3 rings (SSSR count). The van der Waals surface area contributed by atoms with Crippen molar-refractivity contribution in [2.24, 2.45) is 0 Å². The van der Waals surface area contributed by atoms with Gasteiger partial charge in [0.05, 0.1) is 0 Å². The van der Waals surface area contributed by atoms with Crippen LogP contribution in [0.3, 0.4) is 0 Å². The Balaban J connectivity index is 1.63. The highest BCUT2D eigenvalue weighted by Crippen LogP contribution is 2.44. The molecule has 0 spiro atoms. The summed E-state index contributed by atoms with van der Waals surface area (Å²) in [6.07, 6.45) is 3.04. The molecule has 2 unspecified atom stereocenters. The topological polar surface area (TPSA) is 105 Å².